The second kappa shape index (κ2) is 5.96. The first-order valence-corrected chi connectivity index (χ1v) is 5.83. The molecule has 1 aromatic heterocycles. The van der Waals surface area contributed by atoms with E-state index in [0.717, 1.165) is 17.3 Å². The topological polar surface area (TPSA) is 39.9 Å². The fraction of sp³-hybridized carbons (Fsp3) is 0.400. The minimum Gasteiger partial charge on any atom is -0.309 e. The summed E-state index contributed by atoms with van der Waals surface area (Å²) in [5.74, 6) is 0.936. The van der Waals surface area contributed by atoms with Crippen molar-refractivity contribution < 1.29 is 0 Å². The average molecular weight is 242 g/mol. The van der Waals surface area contributed by atoms with Crippen LogP contribution in [0.15, 0.2) is 17.2 Å². The van der Waals surface area contributed by atoms with Gasteiger partial charge in [0, 0.05) is 12.3 Å². The number of aromatic nitrogens is 1. The summed E-state index contributed by atoms with van der Waals surface area (Å²) in [6.07, 6.45) is 0. The lowest BCUT2D eigenvalue weighted by Gasteiger charge is -2.08. The molecule has 0 unspecified atom stereocenters. The number of halogens is 1. The Bertz CT molecular complexity index is 373. The Kier molecular flexibility index (Phi) is 4.89. The van der Waals surface area contributed by atoms with Crippen LogP contribution in [0.1, 0.15) is 5.56 Å². The van der Waals surface area contributed by atoms with E-state index in [9.17, 15) is 0 Å². The van der Waals surface area contributed by atoms with E-state index < -0.39 is 0 Å². The predicted octanol–water partition coefficient (Wildman–Crippen LogP) is 2.26. The van der Waals surface area contributed by atoms with Crippen molar-refractivity contribution in [2.75, 3.05) is 26.4 Å². The van der Waals surface area contributed by atoms with Gasteiger partial charge in [0.25, 0.3) is 0 Å². The molecule has 0 atom stereocenters. The highest BCUT2D eigenvalue weighted by Gasteiger charge is 2.01. The molecule has 0 fully saturated rings. The van der Waals surface area contributed by atoms with Gasteiger partial charge in [0.2, 0.25) is 0 Å². The number of rotatable bonds is 4. The number of nitrogens with zero attached hydrogens (tertiary/aromatic N) is 3. The summed E-state index contributed by atoms with van der Waals surface area (Å²) in [5.41, 5.74) is 0.558. The van der Waals surface area contributed by atoms with Crippen molar-refractivity contribution in [3.63, 3.8) is 0 Å². The number of pyridine rings is 1. The molecule has 0 radical (unpaired) electrons. The summed E-state index contributed by atoms with van der Waals surface area (Å²) < 4.78 is 0. The summed E-state index contributed by atoms with van der Waals surface area (Å²) >= 11 is 7.39. The van der Waals surface area contributed by atoms with Gasteiger partial charge < -0.3 is 4.90 Å². The smallest absolute Gasteiger partial charge is 0.131 e. The quantitative estimate of drug-likeness (QED) is 0.599. The Morgan fingerprint density at radius 1 is 1.53 bits per heavy atom. The number of nitriles is 1. The highest BCUT2D eigenvalue weighted by Crippen LogP contribution is 2.19. The maximum absolute atomic E-state index is 8.75. The van der Waals surface area contributed by atoms with Crippen LogP contribution in [0.2, 0.25) is 5.15 Å². The van der Waals surface area contributed by atoms with E-state index in [1.807, 2.05) is 14.1 Å². The van der Waals surface area contributed by atoms with Crippen LogP contribution in [0.4, 0.5) is 0 Å². The summed E-state index contributed by atoms with van der Waals surface area (Å²) in [6.45, 7) is 0.973. The first-order chi connectivity index (χ1) is 7.11. The van der Waals surface area contributed by atoms with Crippen molar-refractivity contribution in [2.24, 2.45) is 0 Å². The van der Waals surface area contributed by atoms with Crippen molar-refractivity contribution in [1.82, 2.24) is 9.88 Å². The molecule has 3 nitrogen and oxygen atoms in total. The molecule has 0 aliphatic heterocycles. The van der Waals surface area contributed by atoms with Gasteiger partial charge >= 0.3 is 0 Å². The average Bonchev–Trinajstić information content (AvgIpc) is 2.16. The molecule has 0 N–H and O–H groups in total. The summed E-state index contributed by atoms with van der Waals surface area (Å²) in [5, 5.41) is 9.93. The number of thioether (sulfide) groups is 1. The molecule has 1 aromatic rings. The van der Waals surface area contributed by atoms with Gasteiger partial charge in [0.1, 0.15) is 5.15 Å². The fourth-order valence-electron chi connectivity index (χ4n) is 0.944. The SMILES string of the molecule is CN(C)CCSc1cc(C#N)cc(Cl)n1. The lowest BCUT2D eigenvalue weighted by atomic mass is 10.3. The second-order valence-corrected chi connectivity index (χ2v) is 4.78. The Balaban J connectivity index is 2.61. The first kappa shape index (κ1) is 12.3. The predicted molar refractivity (Wildman–Crippen MR) is 63.2 cm³/mol. The summed E-state index contributed by atoms with van der Waals surface area (Å²) in [4.78, 5) is 6.24. The summed E-state index contributed by atoms with van der Waals surface area (Å²) in [7, 11) is 4.04. The van der Waals surface area contributed by atoms with Crippen LogP contribution in [-0.2, 0) is 0 Å². The standard InChI is InChI=1S/C10H12ClN3S/c1-14(2)3-4-15-10-6-8(7-12)5-9(11)13-10/h5-6H,3-4H2,1-2H3. The van der Waals surface area contributed by atoms with E-state index in [4.69, 9.17) is 16.9 Å². The zero-order valence-electron chi connectivity index (χ0n) is 8.70. The van der Waals surface area contributed by atoms with Gasteiger partial charge in [-0.3, -0.25) is 0 Å². The zero-order valence-corrected chi connectivity index (χ0v) is 10.3. The molecule has 80 valence electrons. The molecule has 0 aliphatic carbocycles. The third-order valence-corrected chi connectivity index (χ3v) is 2.77. The van der Waals surface area contributed by atoms with Gasteiger partial charge in [-0.2, -0.15) is 5.26 Å². The molecule has 1 heterocycles. The molecular formula is C10H12ClN3S. The van der Waals surface area contributed by atoms with Gasteiger partial charge in [-0.25, -0.2) is 4.98 Å². The minimum absolute atomic E-state index is 0.376. The van der Waals surface area contributed by atoms with Crippen molar-refractivity contribution >= 4 is 23.4 Å². The number of hydrogen-bond donors (Lipinski definition) is 0. The zero-order chi connectivity index (χ0) is 11.3. The molecule has 0 saturated heterocycles. The molecule has 15 heavy (non-hydrogen) atoms. The Hall–Kier alpha value is -0.760. The van der Waals surface area contributed by atoms with Crippen LogP contribution in [0.3, 0.4) is 0 Å². The van der Waals surface area contributed by atoms with E-state index in [-0.39, 0.29) is 0 Å². The van der Waals surface area contributed by atoms with E-state index in [1.165, 1.54) is 0 Å². The van der Waals surface area contributed by atoms with Crippen LogP contribution < -0.4 is 0 Å². The fourth-order valence-corrected chi connectivity index (χ4v) is 2.24. The summed E-state index contributed by atoms with van der Waals surface area (Å²) in [6, 6.07) is 5.38. The second-order valence-electron chi connectivity index (χ2n) is 3.28. The van der Waals surface area contributed by atoms with Crippen molar-refractivity contribution in [2.45, 2.75) is 5.03 Å². The van der Waals surface area contributed by atoms with E-state index in [2.05, 4.69) is 16.0 Å². The highest BCUT2D eigenvalue weighted by molar-refractivity contribution is 7.99. The molecule has 0 bridgehead atoms. The van der Waals surface area contributed by atoms with E-state index in [0.29, 0.717) is 10.7 Å². The van der Waals surface area contributed by atoms with Gasteiger partial charge in [-0.15, -0.1) is 11.8 Å². The normalized spacial score (nSPS) is 10.3. The maximum atomic E-state index is 8.75. The Labute approximate surface area is 99.1 Å². The van der Waals surface area contributed by atoms with Gasteiger partial charge in [-0.1, -0.05) is 11.6 Å². The largest absolute Gasteiger partial charge is 0.309 e. The van der Waals surface area contributed by atoms with Gasteiger partial charge in [0.15, 0.2) is 0 Å². The highest BCUT2D eigenvalue weighted by atomic mass is 35.5. The first-order valence-electron chi connectivity index (χ1n) is 4.47. The van der Waals surface area contributed by atoms with Crippen LogP contribution >= 0.6 is 23.4 Å². The van der Waals surface area contributed by atoms with Crippen molar-refractivity contribution in [3.8, 4) is 6.07 Å². The maximum Gasteiger partial charge on any atom is 0.131 e. The molecule has 0 saturated carbocycles. The lowest BCUT2D eigenvalue weighted by molar-refractivity contribution is 0.437. The van der Waals surface area contributed by atoms with Crippen molar-refractivity contribution in [1.29, 1.82) is 5.26 Å². The van der Waals surface area contributed by atoms with Crippen LogP contribution in [0, 0.1) is 11.3 Å². The van der Waals surface area contributed by atoms with Crippen LogP contribution in [-0.4, -0.2) is 36.3 Å². The molecule has 5 heteroatoms. The van der Waals surface area contributed by atoms with Gasteiger partial charge in [-0.05, 0) is 26.2 Å². The molecule has 0 spiro atoms. The molecule has 0 aromatic carbocycles. The van der Waals surface area contributed by atoms with Crippen molar-refractivity contribution in [3.05, 3.63) is 22.8 Å². The third-order valence-electron chi connectivity index (χ3n) is 1.69. The third kappa shape index (κ3) is 4.52. The van der Waals surface area contributed by atoms with Crippen LogP contribution in [0.25, 0.3) is 0 Å². The lowest BCUT2D eigenvalue weighted by Crippen LogP contribution is -2.14. The minimum atomic E-state index is 0.376. The molecule has 1 rings (SSSR count). The molecule has 0 amide bonds. The van der Waals surface area contributed by atoms with Crippen LogP contribution in [0.5, 0.6) is 0 Å². The van der Waals surface area contributed by atoms with Gasteiger partial charge in [0.05, 0.1) is 16.7 Å². The van der Waals surface area contributed by atoms with E-state index in [1.54, 1.807) is 23.9 Å². The Morgan fingerprint density at radius 3 is 2.87 bits per heavy atom. The monoisotopic (exact) mass is 241 g/mol. The number of hydrogen-bond acceptors (Lipinski definition) is 4. The Morgan fingerprint density at radius 2 is 2.27 bits per heavy atom. The molecular weight excluding hydrogens is 230 g/mol. The van der Waals surface area contributed by atoms with E-state index >= 15 is 0 Å². The molecule has 0 aliphatic rings.